The quantitative estimate of drug-likeness (QED) is 0.631. The number of anilines is 1. The number of rotatable bonds is 5. The van der Waals surface area contributed by atoms with Crippen molar-refractivity contribution in [2.75, 3.05) is 5.32 Å². The molecule has 2 amide bonds. The van der Waals surface area contributed by atoms with E-state index < -0.39 is 17.7 Å². The van der Waals surface area contributed by atoms with E-state index >= 15 is 0 Å². The third-order valence-corrected chi connectivity index (χ3v) is 5.13. The summed E-state index contributed by atoms with van der Waals surface area (Å²) in [4.78, 5) is 24.7. The van der Waals surface area contributed by atoms with E-state index in [2.05, 4.69) is 15.0 Å². The average Bonchev–Trinajstić information content (AvgIpc) is 3.23. The Labute approximate surface area is 165 Å². The molecule has 8 heteroatoms. The fourth-order valence-electron chi connectivity index (χ4n) is 2.51. The zero-order chi connectivity index (χ0) is 19.4. The van der Waals surface area contributed by atoms with E-state index in [1.54, 1.807) is 27.0 Å². The van der Waals surface area contributed by atoms with Crippen LogP contribution < -0.4 is 10.6 Å². The molecule has 2 N–H and O–H groups in total. The van der Waals surface area contributed by atoms with Gasteiger partial charge in [0.05, 0.1) is 17.2 Å². The first-order valence-corrected chi connectivity index (χ1v) is 10.2. The topological polar surface area (TPSA) is 80.3 Å². The number of aromatic nitrogens is 1. The van der Waals surface area contributed by atoms with Gasteiger partial charge in [-0.3, -0.25) is 4.79 Å². The number of nitrogens with one attached hydrogen (secondary N) is 2. The van der Waals surface area contributed by atoms with Crippen molar-refractivity contribution in [3.63, 3.8) is 0 Å². The van der Waals surface area contributed by atoms with Gasteiger partial charge in [-0.05, 0) is 72.9 Å². The van der Waals surface area contributed by atoms with E-state index in [9.17, 15) is 9.59 Å². The lowest BCUT2D eigenvalue weighted by Gasteiger charge is -2.23. The van der Waals surface area contributed by atoms with Crippen LogP contribution in [0.15, 0.2) is 41.2 Å². The summed E-state index contributed by atoms with van der Waals surface area (Å²) in [7, 11) is 0. The number of nitrogens with zero attached hydrogens (tertiary/aromatic N) is 1. The molecule has 27 heavy (non-hydrogen) atoms. The van der Waals surface area contributed by atoms with Crippen LogP contribution in [0, 0.1) is 0 Å². The molecule has 0 saturated carbocycles. The molecule has 1 aromatic carbocycles. The summed E-state index contributed by atoms with van der Waals surface area (Å²) in [6.45, 7) is 5.40. The lowest BCUT2D eigenvalue weighted by Crippen LogP contribution is -2.36. The number of ether oxygens (including phenoxy) is 1. The molecular weight excluding hydrogens is 382 g/mol. The first kappa shape index (κ1) is 19.3. The zero-order valence-electron chi connectivity index (χ0n) is 15.3. The van der Waals surface area contributed by atoms with Crippen molar-refractivity contribution in [1.82, 2.24) is 9.69 Å². The van der Waals surface area contributed by atoms with Crippen LogP contribution in [0.5, 0.6) is 0 Å². The molecule has 0 radical (unpaired) electrons. The second kappa shape index (κ2) is 8.06. The van der Waals surface area contributed by atoms with Gasteiger partial charge in [-0.25, -0.2) is 4.79 Å². The van der Waals surface area contributed by atoms with Crippen LogP contribution in [0.25, 0.3) is 10.1 Å². The number of carbonyl (C=O) groups is 2. The number of hydrogen-bond donors (Lipinski definition) is 2. The molecule has 2 heterocycles. The molecular formula is C19H21N3O3S2. The van der Waals surface area contributed by atoms with Crippen molar-refractivity contribution in [3.05, 3.63) is 46.8 Å². The van der Waals surface area contributed by atoms with Crippen molar-refractivity contribution in [3.8, 4) is 0 Å². The Morgan fingerprint density at radius 1 is 1.26 bits per heavy atom. The Balaban J connectivity index is 1.67. The van der Waals surface area contributed by atoms with E-state index in [1.165, 1.54) is 22.9 Å². The number of amides is 2. The van der Waals surface area contributed by atoms with Crippen molar-refractivity contribution < 1.29 is 14.3 Å². The molecule has 1 atom stereocenters. The predicted octanol–water partition coefficient (Wildman–Crippen LogP) is 4.95. The lowest BCUT2D eigenvalue weighted by molar-refractivity contribution is -0.116. The summed E-state index contributed by atoms with van der Waals surface area (Å²) in [5.74, 6) is -0.189. The Morgan fingerprint density at radius 2 is 2.07 bits per heavy atom. The average molecular weight is 404 g/mol. The number of alkyl carbamates (subject to hydrolysis) is 1. The number of hydrogen-bond acceptors (Lipinski definition) is 6. The van der Waals surface area contributed by atoms with Crippen LogP contribution in [0.4, 0.5) is 10.5 Å². The van der Waals surface area contributed by atoms with E-state index in [4.69, 9.17) is 4.74 Å². The minimum Gasteiger partial charge on any atom is -0.444 e. The fourth-order valence-corrected chi connectivity index (χ4v) is 3.91. The van der Waals surface area contributed by atoms with E-state index in [-0.39, 0.29) is 12.3 Å². The van der Waals surface area contributed by atoms with E-state index in [0.717, 1.165) is 15.6 Å². The van der Waals surface area contributed by atoms with Gasteiger partial charge >= 0.3 is 6.09 Å². The predicted molar refractivity (Wildman–Crippen MR) is 109 cm³/mol. The van der Waals surface area contributed by atoms with Crippen molar-refractivity contribution in [2.24, 2.45) is 0 Å². The molecule has 6 nitrogen and oxygen atoms in total. The third-order valence-electron chi connectivity index (χ3n) is 3.67. The highest BCUT2D eigenvalue weighted by Gasteiger charge is 2.23. The van der Waals surface area contributed by atoms with Gasteiger partial charge in [-0.15, -0.1) is 0 Å². The van der Waals surface area contributed by atoms with Crippen LogP contribution in [0.3, 0.4) is 0 Å². The summed E-state index contributed by atoms with van der Waals surface area (Å²) in [5.41, 5.74) is 0.979. The van der Waals surface area contributed by atoms with Gasteiger partial charge in [0, 0.05) is 17.3 Å². The fraction of sp³-hybridized carbons (Fsp3) is 0.316. The van der Waals surface area contributed by atoms with Crippen LogP contribution in [0.2, 0.25) is 0 Å². The molecule has 0 fully saturated rings. The summed E-state index contributed by atoms with van der Waals surface area (Å²) < 4.78 is 10.5. The maximum absolute atomic E-state index is 12.5. The maximum atomic E-state index is 12.5. The molecule has 0 aliphatic rings. The Kier molecular flexibility index (Phi) is 5.76. The van der Waals surface area contributed by atoms with Gasteiger partial charge in [0.15, 0.2) is 0 Å². The van der Waals surface area contributed by atoms with Crippen molar-refractivity contribution >= 4 is 50.6 Å². The normalized spacial score (nSPS) is 12.6. The van der Waals surface area contributed by atoms with Gasteiger partial charge in [0.1, 0.15) is 5.60 Å². The van der Waals surface area contributed by atoms with Crippen LogP contribution in [-0.4, -0.2) is 22.0 Å². The first-order chi connectivity index (χ1) is 12.8. The highest BCUT2D eigenvalue weighted by atomic mass is 32.1. The van der Waals surface area contributed by atoms with Crippen LogP contribution >= 0.6 is 22.9 Å². The molecule has 0 saturated heterocycles. The Bertz CT molecular complexity index is 929. The number of fused-ring (bicyclic) bond motifs is 1. The summed E-state index contributed by atoms with van der Waals surface area (Å²) in [6, 6.07) is 7.09. The standard InChI is InChI=1S/C19H21N3O3S2/c1-19(2,3)25-18(24)22-15(13-6-7-26-11-13)9-17(23)21-14-5-4-12-10-20-27-16(12)8-14/h4-8,10-11,15H,9H2,1-3H3,(H,21,23)(H,22,24). The van der Waals surface area contributed by atoms with Crippen LogP contribution in [0.1, 0.15) is 38.8 Å². The molecule has 0 aliphatic heterocycles. The summed E-state index contributed by atoms with van der Waals surface area (Å²) in [5, 5.41) is 10.6. The summed E-state index contributed by atoms with van der Waals surface area (Å²) >= 11 is 2.89. The number of benzene rings is 1. The number of thiophene rings is 1. The lowest BCUT2D eigenvalue weighted by atomic mass is 10.1. The Hall–Kier alpha value is -2.45. The van der Waals surface area contributed by atoms with Gasteiger partial charge in [0.2, 0.25) is 5.91 Å². The number of carbonyl (C=O) groups excluding carboxylic acids is 2. The molecule has 142 valence electrons. The minimum atomic E-state index is -0.601. The highest BCUT2D eigenvalue weighted by molar-refractivity contribution is 7.13. The van der Waals surface area contributed by atoms with Gasteiger partial charge in [-0.2, -0.15) is 15.7 Å². The second-order valence-electron chi connectivity index (χ2n) is 7.09. The zero-order valence-corrected chi connectivity index (χ0v) is 16.9. The van der Waals surface area contributed by atoms with Gasteiger partial charge in [0.25, 0.3) is 0 Å². The SMILES string of the molecule is CC(C)(C)OC(=O)NC(CC(=O)Nc1ccc2cnsc2c1)c1ccsc1. The molecule has 0 aliphatic carbocycles. The van der Waals surface area contributed by atoms with E-state index in [0.29, 0.717) is 5.69 Å². The van der Waals surface area contributed by atoms with Crippen molar-refractivity contribution in [2.45, 2.75) is 38.8 Å². The third kappa shape index (κ3) is 5.51. The molecule has 0 spiro atoms. The molecule has 1 unspecified atom stereocenters. The van der Waals surface area contributed by atoms with Crippen molar-refractivity contribution in [1.29, 1.82) is 0 Å². The Morgan fingerprint density at radius 3 is 2.78 bits per heavy atom. The molecule has 3 rings (SSSR count). The molecule has 2 aromatic heterocycles. The van der Waals surface area contributed by atoms with Gasteiger partial charge in [-0.1, -0.05) is 0 Å². The first-order valence-electron chi connectivity index (χ1n) is 8.46. The largest absolute Gasteiger partial charge is 0.444 e. The smallest absolute Gasteiger partial charge is 0.408 e. The monoisotopic (exact) mass is 403 g/mol. The summed E-state index contributed by atoms with van der Waals surface area (Å²) in [6.07, 6.45) is 1.36. The molecule has 0 bridgehead atoms. The van der Waals surface area contributed by atoms with E-state index in [1.807, 2.05) is 35.0 Å². The van der Waals surface area contributed by atoms with Gasteiger partial charge < -0.3 is 15.4 Å². The second-order valence-corrected chi connectivity index (χ2v) is 8.70. The highest BCUT2D eigenvalue weighted by Crippen LogP contribution is 2.24. The van der Waals surface area contributed by atoms with Crippen LogP contribution in [-0.2, 0) is 9.53 Å². The maximum Gasteiger partial charge on any atom is 0.408 e. The minimum absolute atomic E-state index is 0.108. The molecule has 3 aromatic rings.